The second-order valence-corrected chi connectivity index (χ2v) is 3.71. The number of hydrogen-bond donors (Lipinski definition) is 2. The Morgan fingerprint density at radius 3 is 3.06 bits per heavy atom. The second-order valence-electron chi connectivity index (χ2n) is 3.71. The quantitative estimate of drug-likeness (QED) is 0.530. The molecule has 0 saturated carbocycles. The lowest BCUT2D eigenvalue weighted by Crippen LogP contribution is -2.33. The van der Waals surface area contributed by atoms with Crippen molar-refractivity contribution in [3.63, 3.8) is 0 Å². The van der Waals surface area contributed by atoms with Gasteiger partial charge in [0.05, 0.1) is 18.8 Å². The maximum absolute atomic E-state index is 11.4. The van der Waals surface area contributed by atoms with Crippen LogP contribution in [-0.2, 0) is 24.8 Å². The van der Waals surface area contributed by atoms with Crippen LogP contribution in [0.15, 0.2) is 6.20 Å². The molecule has 1 aromatic heterocycles. The van der Waals surface area contributed by atoms with Crippen LogP contribution in [0.2, 0.25) is 0 Å². The summed E-state index contributed by atoms with van der Waals surface area (Å²) in [6.45, 7) is 3.20. The summed E-state index contributed by atoms with van der Waals surface area (Å²) in [7, 11) is 1.87. The van der Waals surface area contributed by atoms with E-state index in [2.05, 4.69) is 21.7 Å². The first-order chi connectivity index (χ1) is 8.17. The van der Waals surface area contributed by atoms with Crippen LogP contribution in [0.1, 0.15) is 18.2 Å². The molecule has 17 heavy (non-hydrogen) atoms. The Labute approximate surface area is 102 Å². The van der Waals surface area contributed by atoms with Crippen molar-refractivity contribution < 1.29 is 4.79 Å². The molecule has 0 unspecified atom stereocenters. The van der Waals surface area contributed by atoms with Crippen LogP contribution in [0.5, 0.6) is 0 Å². The minimum atomic E-state index is -0.0637. The number of aromatic nitrogens is 2. The fourth-order valence-corrected chi connectivity index (χ4v) is 1.53. The molecule has 2 N–H and O–H groups in total. The molecule has 0 aliphatic carbocycles. The summed E-state index contributed by atoms with van der Waals surface area (Å²) in [6, 6.07) is 0. The molecule has 0 radical (unpaired) electrons. The van der Waals surface area contributed by atoms with Crippen LogP contribution in [0, 0.1) is 12.3 Å². The molecule has 1 aromatic rings. The fourth-order valence-electron chi connectivity index (χ4n) is 1.53. The molecule has 1 amide bonds. The van der Waals surface area contributed by atoms with Gasteiger partial charge in [0, 0.05) is 25.4 Å². The van der Waals surface area contributed by atoms with E-state index in [-0.39, 0.29) is 12.5 Å². The molecule has 0 fully saturated rings. The Morgan fingerprint density at radius 2 is 2.41 bits per heavy atom. The molecule has 0 bridgehead atoms. The number of carbonyl (C=O) groups is 1. The topological polar surface area (TPSA) is 59.0 Å². The van der Waals surface area contributed by atoms with E-state index in [1.165, 1.54) is 0 Å². The van der Waals surface area contributed by atoms with Gasteiger partial charge in [0.25, 0.3) is 0 Å². The zero-order valence-electron chi connectivity index (χ0n) is 10.3. The van der Waals surface area contributed by atoms with Gasteiger partial charge in [-0.25, -0.2) is 0 Å². The predicted octanol–water partition coefficient (Wildman–Crippen LogP) is -0.178. The van der Waals surface area contributed by atoms with Gasteiger partial charge < -0.3 is 5.32 Å². The summed E-state index contributed by atoms with van der Waals surface area (Å²) >= 11 is 0. The van der Waals surface area contributed by atoms with E-state index < -0.39 is 0 Å². The van der Waals surface area contributed by atoms with Gasteiger partial charge in [0.2, 0.25) is 5.91 Å². The summed E-state index contributed by atoms with van der Waals surface area (Å²) in [5, 5.41) is 9.96. The van der Waals surface area contributed by atoms with Crippen LogP contribution >= 0.6 is 0 Å². The Balaban J connectivity index is 2.39. The molecule has 92 valence electrons. The van der Waals surface area contributed by atoms with Crippen molar-refractivity contribution >= 4 is 5.91 Å². The molecular weight excluding hydrogens is 216 g/mol. The van der Waals surface area contributed by atoms with Gasteiger partial charge in [-0.05, 0) is 6.42 Å². The average molecular weight is 234 g/mol. The summed E-state index contributed by atoms with van der Waals surface area (Å²) in [5.74, 6) is 2.35. The Bertz CT molecular complexity index is 417. The van der Waals surface area contributed by atoms with Crippen molar-refractivity contribution in [3.05, 3.63) is 17.5 Å². The number of terminal acetylenes is 1. The van der Waals surface area contributed by atoms with Crippen LogP contribution in [-0.4, -0.2) is 28.8 Å². The molecule has 0 aliphatic heterocycles. The zero-order chi connectivity index (χ0) is 12.7. The average Bonchev–Trinajstić information content (AvgIpc) is 2.67. The molecule has 5 nitrogen and oxygen atoms in total. The van der Waals surface area contributed by atoms with Crippen LogP contribution in [0.25, 0.3) is 0 Å². The van der Waals surface area contributed by atoms with Gasteiger partial charge >= 0.3 is 0 Å². The number of hydrogen-bond acceptors (Lipinski definition) is 3. The summed E-state index contributed by atoms with van der Waals surface area (Å²) in [4.78, 5) is 11.4. The number of carbonyl (C=O) groups excluding carboxylic acids is 1. The third-order valence-corrected chi connectivity index (χ3v) is 2.32. The first-order valence-corrected chi connectivity index (χ1v) is 5.59. The number of nitrogens with one attached hydrogen (secondary N) is 2. The predicted molar refractivity (Wildman–Crippen MR) is 66.1 cm³/mol. The molecule has 5 heteroatoms. The number of nitrogens with zero attached hydrogens (tertiary/aromatic N) is 2. The van der Waals surface area contributed by atoms with Crippen molar-refractivity contribution in [1.29, 1.82) is 0 Å². The largest absolute Gasteiger partial charge is 0.351 e. The second kappa shape index (κ2) is 6.71. The van der Waals surface area contributed by atoms with Crippen LogP contribution in [0.3, 0.4) is 0 Å². The van der Waals surface area contributed by atoms with E-state index in [0.29, 0.717) is 13.1 Å². The highest BCUT2D eigenvalue weighted by atomic mass is 16.1. The Kier molecular flexibility index (Phi) is 5.24. The lowest BCUT2D eigenvalue weighted by Gasteiger charge is -2.04. The van der Waals surface area contributed by atoms with Crippen molar-refractivity contribution in [2.45, 2.75) is 19.9 Å². The smallest absolute Gasteiger partial charge is 0.234 e. The number of aryl methyl sites for hydroxylation is 2. The van der Waals surface area contributed by atoms with E-state index in [0.717, 1.165) is 17.7 Å². The number of amides is 1. The third kappa shape index (κ3) is 4.29. The van der Waals surface area contributed by atoms with Gasteiger partial charge in [-0.1, -0.05) is 12.8 Å². The highest BCUT2D eigenvalue weighted by Crippen LogP contribution is 2.06. The van der Waals surface area contributed by atoms with E-state index in [4.69, 9.17) is 6.42 Å². The van der Waals surface area contributed by atoms with Gasteiger partial charge in [0.15, 0.2) is 0 Å². The fraction of sp³-hybridized carbons (Fsp3) is 0.500. The highest BCUT2D eigenvalue weighted by molar-refractivity contribution is 5.78. The summed E-state index contributed by atoms with van der Waals surface area (Å²) in [5.41, 5.74) is 2.07. The molecule has 0 aromatic carbocycles. The van der Waals surface area contributed by atoms with Gasteiger partial charge in [-0.15, -0.1) is 6.42 Å². The first-order valence-electron chi connectivity index (χ1n) is 5.59. The molecular formula is C12H18N4O. The summed E-state index contributed by atoms with van der Waals surface area (Å²) < 4.78 is 1.76. The molecule has 1 rings (SSSR count). The zero-order valence-corrected chi connectivity index (χ0v) is 10.3. The number of rotatable bonds is 6. The van der Waals surface area contributed by atoms with Crippen molar-refractivity contribution in [3.8, 4) is 12.3 Å². The first kappa shape index (κ1) is 13.3. The van der Waals surface area contributed by atoms with Crippen LogP contribution < -0.4 is 10.6 Å². The highest BCUT2D eigenvalue weighted by Gasteiger charge is 2.07. The SMILES string of the molecule is C#CCNCC(=O)NCc1cn(C)nc1CC. The maximum Gasteiger partial charge on any atom is 0.234 e. The van der Waals surface area contributed by atoms with Gasteiger partial charge in [-0.2, -0.15) is 5.10 Å². The molecule has 0 aliphatic rings. The summed E-state index contributed by atoms with van der Waals surface area (Å²) in [6.07, 6.45) is 7.85. The van der Waals surface area contributed by atoms with Gasteiger partial charge in [-0.3, -0.25) is 14.8 Å². The van der Waals surface area contributed by atoms with E-state index in [1.807, 2.05) is 20.2 Å². The van der Waals surface area contributed by atoms with Crippen molar-refractivity contribution in [2.75, 3.05) is 13.1 Å². The Hall–Kier alpha value is -1.80. The standard InChI is InChI=1S/C12H18N4O/c1-4-6-13-8-12(17)14-7-10-9-16(3)15-11(10)5-2/h1,9,13H,5-8H2,2-3H3,(H,14,17). The van der Waals surface area contributed by atoms with Crippen LogP contribution in [0.4, 0.5) is 0 Å². The van der Waals surface area contributed by atoms with Crippen molar-refractivity contribution in [2.24, 2.45) is 7.05 Å². The lowest BCUT2D eigenvalue weighted by molar-refractivity contribution is -0.120. The van der Waals surface area contributed by atoms with Crippen molar-refractivity contribution in [1.82, 2.24) is 20.4 Å². The minimum absolute atomic E-state index is 0.0637. The van der Waals surface area contributed by atoms with E-state index in [1.54, 1.807) is 4.68 Å². The molecule has 1 heterocycles. The minimum Gasteiger partial charge on any atom is -0.351 e. The molecule has 0 spiro atoms. The monoisotopic (exact) mass is 234 g/mol. The normalized spacial score (nSPS) is 9.94. The van der Waals surface area contributed by atoms with E-state index in [9.17, 15) is 4.79 Å². The molecule has 0 atom stereocenters. The maximum atomic E-state index is 11.4. The van der Waals surface area contributed by atoms with Gasteiger partial charge in [0.1, 0.15) is 0 Å². The third-order valence-electron chi connectivity index (χ3n) is 2.32. The molecule has 0 saturated heterocycles. The van der Waals surface area contributed by atoms with E-state index >= 15 is 0 Å². The Morgan fingerprint density at radius 1 is 1.65 bits per heavy atom. The lowest BCUT2D eigenvalue weighted by atomic mass is 10.2.